The first kappa shape index (κ1) is 24.9. The van der Waals surface area contributed by atoms with Crippen LogP contribution in [0.5, 0.6) is 0 Å². The molecule has 5 nitrogen and oxygen atoms in total. The molecule has 0 N–H and O–H groups in total. The lowest BCUT2D eigenvalue weighted by atomic mass is 9.87. The van der Waals surface area contributed by atoms with Crippen LogP contribution >= 0.6 is 0 Å². The number of para-hydroxylation sites is 1. The van der Waals surface area contributed by atoms with E-state index < -0.39 is 0 Å². The topological polar surface area (TPSA) is 64.7 Å². The van der Waals surface area contributed by atoms with Crippen LogP contribution < -0.4 is 0 Å². The molecular formula is C39H26N4O. The van der Waals surface area contributed by atoms with Crippen LogP contribution in [-0.4, -0.2) is 19.9 Å². The molecule has 0 amide bonds. The van der Waals surface area contributed by atoms with Crippen molar-refractivity contribution in [3.8, 4) is 34.3 Å². The van der Waals surface area contributed by atoms with Gasteiger partial charge in [-0.3, -0.25) is 4.98 Å². The zero-order chi connectivity index (χ0) is 29.2. The second-order valence-corrected chi connectivity index (χ2v) is 11.6. The van der Waals surface area contributed by atoms with Crippen LogP contribution in [0.1, 0.15) is 18.1 Å². The SMILES string of the molecule is CC1C=Cc2ccc3cc(-c4nc(-c5ccc6ccccc6c5)nc(-c5nccc6oc7ccccc7c56)n4)ccc3c2C1. The molecule has 44 heavy (non-hydrogen) atoms. The van der Waals surface area contributed by atoms with Crippen molar-refractivity contribution in [2.75, 3.05) is 0 Å². The Morgan fingerprint density at radius 1 is 0.636 bits per heavy atom. The first-order valence-corrected chi connectivity index (χ1v) is 14.9. The Bertz CT molecular complexity index is 2460. The summed E-state index contributed by atoms with van der Waals surface area (Å²) in [6, 6.07) is 35.5. The van der Waals surface area contributed by atoms with Crippen molar-refractivity contribution in [2.45, 2.75) is 13.3 Å². The lowest BCUT2D eigenvalue weighted by Gasteiger charge is -2.18. The van der Waals surface area contributed by atoms with Crippen LogP contribution in [0, 0.1) is 5.92 Å². The summed E-state index contributed by atoms with van der Waals surface area (Å²) >= 11 is 0. The molecule has 0 radical (unpaired) electrons. The molecule has 5 heteroatoms. The second kappa shape index (κ2) is 9.68. The first-order valence-electron chi connectivity index (χ1n) is 14.9. The molecular weight excluding hydrogens is 540 g/mol. The molecule has 3 aromatic heterocycles. The lowest BCUT2D eigenvalue weighted by molar-refractivity contribution is 0.668. The van der Waals surface area contributed by atoms with Crippen LogP contribution in [0.3, 0.4) is 0 Å². The molecule has 208 valence electrons. The molecule has 1 unspecified atom stereocenters. The summed E-state index contributed by atoms with van der Waals surface area (Å²) in [4.78, 5) is 20.0. The molecule has 5 aromatic carbocycles. The van der Waals surface area contributed by atoms with E-state index in [1.165, 1.54) is 27.3 Å². The van der Waals surface area contributed by atoms with Crippen molar-refractivity contribution in [1.29, 1.82) is 0 Å². The molecule has 8 aromatic rings. The summed E-state index contributed by atoms with van der Waals surface area (Å²) < 4.78 is 6.18. The van der Waals surface area contributed by atoms with Gasteiger partial charge in [0.1, 0.15) is 16.9 Å². The van der Waals surface area contributed by atoms with Gasteiger partial charge in [0, 0.05) is 22.7 Å². The van der Waals surface area contributed by atoms with E-state index in [9.17, 15) is 0 Å². The van der Waals surface area contributed by atoms with Gasteiger partial charge in [-0.2, -0.15) is 0 Å². The zero-order valence-electron chi connectivity index (χ0n) is 24.0. The minimum Gasteiger partial charge on any atom is -0.456 e. The van der Waals surface area contributed by atoms with E-state index in [1.807, 2.05) is 24.3 Å². The van der Waals surface area contributed by atoms with Crippen molar-refractivity contribution in [2.24, 2.45) is 5.92 Å². The summed E-state index contributed by atoms with van der Waals surface area (Å²) in [5, 5.41) is 6.65. The first-order chi connectivity index (χ1) is 21.7. The van der Waals surface area contributed by atoms with Crippen molar-refractivity contribution in [3.05, 3.63) is 127 Å². The van der Waals surface area contributed by atoms with Crippen molar-refractivity contribution in [1.82, 2.24) is 19.9 Å². The van der Waals surface area contributed by atoms with Crippen LogP contribution in [0.4, 0.5) is 0 Å². The smallest absolute Gasteiger partial charge is 0.183 e. The second-order valence-electron chi connectivity index (χ2n) is 11.6. The summed E-state index contributed by atoms with van der Waals surface area (Å²) in [7, 11) is 0. The third-order valence-electron chi connectivity index (χ3n) is 8.70. The minimum absolute atomic E-state index is 0.514. The Hall–Kier alpha value is -5.68. The number of hydrogen-bond donors (Lipinski definition) is 0. The number of aromatic nitrogens is 4. The van der Waals surface area contributed by atoms with Gasteiger partial charge in [0.2, 0.25) is 0 Å². The number of furan rings is 1. The Labute approximate surface area is 253 Å². The van der Waals surface area contributed by atoms with E-state index in [2.05, 4.69) is 97.9 Å². The van der Waals surface area contributed by atoms with Gasteiger partial charge < -0.3 is 4.42 Å². The number of pyridine rings is 1. The molecule has 1 aliphatic carbocycles. The van der Waals surface area contributed by atoms with Crippen LogP contribution in [0.25, 0.3) is 83.9 Å². The van der Waals surface area contributed by atoms with Gasteiger partial charge in [-0.15, -0.1) is 0 Å². The maximum absolute atomic E-state index is 6.18. The predicted molar refractivity (Wildman–Crippen MR) is 178 cm³/mol. The van der Waals surface area contributed by atoms with E-state index in [-0.39, 0.29) is 0 Å². The molecule has 0 saturated carbocycles. The molecule has 0 spiro atoms. The largest absolute Gasteiger partial charge is 0.456 e. The Kier molecular flexibility index (Phi) is 5.47. The molecule has 9 rings (SSSR count). The van der Waals surface area contributed by atoms with Gasteiger partial charge in [0.25, 0.3) is 0 Å². The van der Waals surface area contributed by atoms with Gasteiger partial charge in [-0.1, -0.05) is 97.9 Å². The molecule has 1 aliphatic rings. The maximum Gasteiger partial charge on any atom is 0.183 e. The molecule has 0 bridgehead atoms. The molecule has 0 aliphatic heterocycles. The summed E-state index contributed by atoms with van der Waals surface area (Å²) in [5.74, 6) is 2.25. The van der Waals surface area contributed by atoms with Gasteiger partial charge in [-0.05, 0) is 69.3 Å². The van der Waals surface area contributed by atoms with Crippen LogP contribution in [0.2, 0.25) is 0 Å². The molecule has 0 saturated heterocycles. The van der Waals surface area contributed by atoms with Gasteiger partial charge >= 0.3 is 0 Å². The molecule has 3 heterocycles. The number of hydrogen-bond acceptors (Lipinski definition) is 5. The lowest BCUT2D eigenvalue weighted by Crippen LogP contribution is -2.04. The fourth-order valence-electron chi connectivity index (χ4n) is 6.50. The van der Waals surface area contributed by atoms with E-state index >= 15 is 0 Å². The molecule has 1 atom stereocenters. The number of benzene rings is 5. The van der Waals surface area contributed by atoms with Crippen LogP contribution in [-0.2, 0) is 6.42 Å². The van der Waals surface area contributed by atoms with Crippen molar-refractivity contribution < 1.29 is 4.42 Å². The highest BCUT2D eigenvalue weighted by Crippen LogP contribution is 2.36. The normalized spacial score (nSPS) is 14.5. The summed E-state index contributed by atoms with van der Waals surface area (Å²) in [5.41, 5.74) is 6.80. The maximum atomic E-state index is 6.18. The zero-order valence-corrected chi connectivity index (χ0v) is 24.0. The van der Waals surface area contributed by atoms with E-state index in [0.717, 1.165) is 44.9 Å². The van der Waals surface area contributed by atoms with E-state index in [1.54, 1.807) is 6.20 Å². The van der Waals surface area contributed by atoms with E-state index in [0.29, 0.717) is 29.1 Å². The Morgan fingerprint density at radius 2 is 1.36 bits per heavy atom. The highest BCUT2D eigenvalue weighted by molar-refractivity contribution is 6.10. The average Bonchev–Trinajstić information content (AvgIpc) is 3.46. The third-order valence-corrected chi connectivity index (χ3v) is 8.70. The van der Waals surface area contributed by atoms with Crippen LogP contribution in [0.15, 0.2) is 120 Å². The van der Waals surface area contributed by atoms with E-state index in [4.69, 9.17) is 24.4 Å². The highest BCUT2D eigenvalue weighted by atomic mass is 16.3. The summed E-state index contributed by atoms with van der Waals surface area (Å²) in [6.07, 6.45) is 7.34. The van der Waals surface area contributed by atoms with Gasteiger partial charge in [0.15, 0.2) is 17.5 Å². The fourth-order valence-corrected chi connectivity index (χ4v) is 6.50. The minimum atomic E-state index is 0.514. The standard InChI is InChI=1S/C39H26N4O/c1-23-10-11-25-13-14-27-22-29(16-17-30(27)32(25)20-23)38-41-37(28-15-12-24-6-2-3-7-26(24)21-28)42-39(43-38)36-35-31-8-4-5-9-33(31)44-34(35)18-19-40-36/h2-19,21-23H,20H2,1H3. The number of rotatable bonds is 3. The van der Waals surface area contributed by atoms with Crippen molar-refractivity contribution in [3.63, 3.8) is 0 Å². The monoisotopic (exact) mass is 566 g/mol. The summed E-state index contributed by atoms with van der Waals surface area (Å²) in [6.45, 7) is 2.27. The number of allylic oxidation sites excluding steroid dienone is 1. The van der Waals surface area contributed by atoms with Gasteiger partial charge in [0.05, 0.1) is 5.39 Å². The average molecular weight is 567 g/mol. The number of nitrogens with zero attached hydrogens (tertiary/aromatic N) is 4. The predicted octanol–water partition coefficient (Wildman–Crippen LogP) is 9.68. The van der Waals surface area contributed by atoms with Gasteiger partial charge in [-0.25, -0.2) is 15.0 Å². The quantitative estimate of drug-likeness (QED) is 0.213. The number of fused-ring (bicyclic) bond motifs is 7. The Balaban J connectivity index is 1.28. The Morgan fingerprint density at radius 3 is 2.25 bits per heavy atom. The van der Waals surface area contributed by atoms with Crippen molar-refractivity contribution >= 4 is 49.6 Å². The fraction of sp³-hybridized carbons (Fsp3) is 0.0769. The highest BCUT2D eigenvalue weighted by Gasteiger charge is 2.20. The third kappa shape index (κ3) is 4.01. The molecule has 0 fully saturated rings.